The highest BCUT2D eigenvalue weighted by Crippen LogP contribution is 2.18. The summed E-state index contributed by atoms with van der Waals surface area (Å²) < 4.78 is 0. The first-order valence-corrected chi connectivity index (χ1v) is 9.30. The third kappa shape index (κ3) is 6.38. The van der Waals surface area contributed by atoms with Gasteiger partial charge in [0, 0.05) is 19.1 Å². The Morgan fingerprint density at radius 2 is 1.64 bits per heavy atom. The molecule has 2 aliphatic rings. The number of likely N-dealkylation sites (tertiary alicyclic amines) is 1. The van der Waals surface area contributed by atoms with Crippen molar-refractivity contribution in [3.8, 4) is 0 Å². The van der Waals surface area contributed by atoms with E-state index in [0.717, 1.165) is 24.9 Å². The summed E-state index contributed by atoms with van der Waals surface area (Å²) in [4.78, 5) is 25.8. The quantitative estimate of drug-likeness (QED) is 0.705. The first kappa shape index (κ1) is 17.7. The van der Waals surface area contributed by atoms with Gasteiger partial charge in [0.25, 0.3) is 0 Å². The molecule has 1 aromatic carbocycles. The average molecular weight is 344 g/mol. The summed E-state index contributed by atoms with van der Waals surface area (Å²) >= 11 is 0. The Hall–Kier alpha value is -2.08. The van der Waals surface area contributed by atoms with E-state index in [-0.39, 0.29) is 18.5 Å². The largest absolute Gasteiger partial charge is 0.352 e. The van der Waals surface area contributed by atoms with Crippen LogP contribution in [0.15, 0.2) is 24.3 Å². The number of rotatable bonds is 7. The van der Waals surface area contributed by atoms with Gasteiger partial charge in [0.2, 0.25) is 5.91 Å². The van der Waals surface area contributed by atoms with E-state index in [2.05, 4.69) is 45.1 Å². The van der Waals surface area contributed by atoms with Crippen LogP contribution in [0.5, 0.6) is 0 Å². The van der Waals surface area contributed by atoms with Crippen LogP contribution in [0.4, 0.5) is 4.79 Å². The molecule has 6 heteroatoms. The smallest absolute Gasteiger partial charge is 0.315 e. The highest BCUT2D eigenvalue weighted by atomic mass is 16.2. The van der Waals surface area contributed by atoms with Gasteiger partial charge in [-0.15, -0.1) is 0 Å². The molecule has 3 rings (SSSR count). The van der Waals surface area contributed by atoms with Crippen molar-refractivity contribution in [2.75, 3.05) is 19.6 Å². The molecule has 6 nitrogen and oxygen atoms in total. The maximum Gasteiger partial charge on any atom is 0.315 e. The van der Waals surface area contributed by atoms with Crippen LogP contribution >= 0.6 is 0 Å². The number of urea groups is 1. The molecule has 25 heavy (non-hydrogen) atoms. The molecule has 0 atom stereocenters. The van der Waals surface area contributed by atoms with Crippen LogP contribution in [0.3, 0.4) is 0 Å². The Kier molecular flexibility index (Phi) is 6.28. The minimum atomic E-state index is -0.316. The molecule has 0 radical (unpaired) electrons. The van der Waals surface area contributed by atoms with E-state index in [9.17, 15) is 9.59 Å². The van der Waals surface area contributed by atoms with Crippen molar-refractivity contribution < 1.29 is 9.59 Å². The van der Waals surface area contributed by atoms with Gasteiger partial charge in [0.1, 0.15) is 0 Å². The summed E-state index contributed by atoms with van der Waals surface area (Å²) in [6.07, 6.45) is 6.05. The minimum Gasteiger partial charge on any atom is -0.352 e. The predicted molar refractivity (Wildman–Crippen MR) is 97.0 cm³/mol. The molecule has 3 amide bonds. The van der Waals surface area contributed by atoms with Crippen molar-refractivity contribution in [2.45, 2.75) is 51.2 Å². The summed E-state index contributed by atoms with van der Waals surface area (Å²) in [7, 11) is 0. The Bertz CT molecular complexity index is 578. The Balaban J connectivity index is 1.34. The van der Waals surface area contributed by atoms with Gasteiger partial charge in [-0.3, -0.25) is 9.69 Å². The first-order valence-electron chi connectivity index (χ1n) is 9.30. The lowest BCUT2D eigenvalue weighted by Gasteiger charge is -2.26. The summed E-state index contributed by atoms with van der Waals surface area (Å²) in [5, 5.41) is 8.20. The predicted octanol–water partition coefficient (Wildman–Crippen LogP) is 1.75. The molecule has 1 heterocycles. The SMILES string of the molecule is O=C(CNC(=O)NCc1ccc(CN2CCCCC2)cc1)NC1CC1. The number of carbonyl (C=O) groups excluding carboxylic acids is 2. The third-order valence-corrected chi connectivity index (χ3v) is 4.68. The number of benzene rings is 1. The molecule has 1 aromatic rings. The fourth-order valence-electron chi connectivity index (χ4n) is 3.05. The summed E-state index contributed by atoms with van der Waals surface area (Å²) in [6.45, 7) is 3.87. The van der Waals surface area contributed by atoms with Crippen LogP contribution in [0.2, 0.25) is 0 Å². The topological polar surface area (TPSA) is 73.5 Å². The van der Waals surface area contributed by atoms with Gasteiger partial charge >= 0.3 is 6.03 Å². The van der Waals surface area contributed by atoms with Crippen LogP contribution in [-0.2, 0) is 17.9 Å². The Labute approximate surface area is 149 Å². The molecule has 0 spiro atoms. The molecule has 2 fully saturated rings. The van der Waals surface area contributed by atoms with E-state index >= 15 is 0 Å². The normalized spacial score (nSPS) is 17.8. The molecule has 1 saturated heterocycles. The molecule has 1 aliphatic heterocycles. The number of amides is 3. The van der Waals surface area contributed by atoms with Gasteiger partial charge in [-0.2, -0.15) is 0 Å². The zero-order chi connectivity index (χ0) is 17.5. The van der Waals surface area contributed by atoms with Gasteiger partial charge in [-0.25, -0.2) is 4.79 Å². The van der Waals surface area contributed by atoms with Crippen LogP contribution in [0, 0.1) is 0 Å². The average Bonchev–Trinajstić information content (AvgIpc) is 3.44. The molecule has 0 bridgehead atoms. The van der Waals surface area contributed by atoms with E-state index in [1.165, 1.54) is 37.9 Å². The van der Waals surface area contributed by atoms with Crippen molar-refractivity contribution in [3.63, 3.8) is 0 Å². The highest BCUT2D eigenvalue weighted by Gasteiger charge is 2.23. The number of nitrogens with zero attached hydrogens (tertiary/aromatic N) is 1. The highest BCUT2D eigenvalue weighted by molar-refractivity contribution is 5.84. The monoisotopic (exact) mass is 344 g/mol. The summed E-state index contributed by atoms with van der Waals surface area (Å²) in [5.41, 5.74) is 2.37. The van der Waals surface area contributed by atoms with E-state index in [1.54, 1.807) is 0 Å². The lowest BCUT2D eigenvalue weighted by Crippen LogP contribution is -2.42. The zero-order valence-corrected chi connectivity index (χ0v) is 14.7. The molecular formula is C19H28N4O2. The number of hydrogen-bond donors (Lipinski definition) is 3. The number of hydrogen-bond acceptors (Lipinski definition) is 3. The Morgan fingerprint density at radius 1 is 0.960 bits per heavy atom. The van der Waals surface area contributed by atoms with E-state index in [0.29, 0.717) is 12.6 Å². The summed E-state index contributed by atoms with van der Waals surface area (Å²) in [6, 6.07) is 8.38. The maximum absolute atomic E-state index is 11.7. The molecular weight excluding hydrogens is 316 g/mol. The molecule has 1 saturated carbocycles. The zero-order valence-electron chi connectivity index (χ0n) is 14.7. The first-order chi connectivity index (χ1) is 12.2. The van der Waals surface area contributed by atoms with Crippen molar-refractivity contribution >= 4 is 11.9 Å². The van der Waals surface area contributed by atoms with Crippen LogP contribution in [0.1, 0.15) is 43.2 Å². The minimum absolute atomic E-state index is 0.0249. The van der Waals surface area contributed by atoms with Crippen molar-refractivity contribution in [3.05, 3.63) is 35.4 Å². The molecule has 3 N–H and O–H groups in total. The number of piperidine rings is 1. The van der Waals surface area contributed by atoms with Crippen LogP contribution in [0.25, 0.3) is 0 Å². The molecule has 0 unspecified atom stereocenters. The van der Waals surface area contributed by atoms with Gasteiger partial charge in [-0.05, 0) is 49.9 Å². The number of carbonyl (C=O) groups is 2. The van der Waals surface area contributed by atoms with Gasteiger partial charge in [-0.1, -0.05) is 30.7 Å². The van der Waals surface area contributed by atoms with Gasteiger partial charge in [0.05, 0.1) is 6.54 Å². The lowest BCUT2D eigenvalue weighted by molar-refractivity contribution is -0.120. The summed E-state index contributed by atoms with van der Waals surface area (Å²) in [5.74, 6) is -0.125. The molecule has 1 aliphatic carbocycles. The third-order valence-electron chi connectivity index (χ3n) is 4.68. The molecule has 0 aromatic heterocycles. The van der Waals surface area contributed by atoms with E-state index in [4.69, 9.17) is 0 Å². The second-order valence-electron chi connectivity index (χ2n) is 7.03. The van der Waals surface area contributed by atoms with Crippen LogP contribution < -0.4 is 16.0 Å². The Morgan fingerprint density at radius 3 is 2.32 bits per heavy atom. The standard InChI is InChI=1S/C19H28N4O2/c24-18(22-17-8-9-17)13-21-19(25)20-12-15-4-6-16(7-5-15)14-23-10-2-1-3-11-23/h4-7,17H,1-3,8-14H2,(H,22,24)(H2,20,21,25). The maximum atomic E-state index is 11.7. The fraction of sp³-hybridized carbons (Fsp3) is 0.579. The van der Waals surface area contributed by atoms with E-state index in [1.807, 2.05) is 0 Å². The van der Waals surface area contributed by atoms with Gasteiger partial charge < -0.3 is 16.0 Å². The van der Waals surface area contributed by atoms with E-state index < -0.39 is 0 Å². The second-order valence-corrected chi connectivity index (χ2v) is 7.03. The van der Waals surface area contributed by atoms with Crippen LogP contribution in [-0.4, -0.2) is 42.5 Å². The van der Waals surface area contributed by atoms with Gasteiger partial charge in [0.15, 0.2) is 0 Å². The van der Waals surface area contributed by atoms with Crippen molar-refractivity contribution in [1.82, 2.24) is 20.9 Å². The molecule has 136 valence electrons. The lowest BCUT2D eigenvalue weighted by atomic mass is 10.1. The number of nitrogens with one attached hydrogen (secondary N) is 3. The second kappa shape index (κ2) is 8.85. The van der Waals surface area contributed by atoms with Crippen molar-refractivity contribution in [1.29, 1.82) is 0 Å². The fourth-order valence-corrected chi connectivity index (χ4v) is 3.05. The van der Waals surface area contributed by atoms with Crippen molar-refractivity contribution in [2.24, 2.45) is 0 Å².